The van der Waals surface area contributed by atoms with Crippen LogP contribution in [0.4, 0.5) is 5.69 Å². The minimum atomic E-state index is -0.439. The van der Waals surface area contributed by atoms with E-state index in [4.69, 9.17) is 4.74 Å². The Morgan fingerprint density at radius 1 is 1.38 bits per heavy atom. The third kappa shape index (κ3) is 4.40. The summed E-state index contributed by atoms with van der Waals surface area (Å²) in [6.07, 6.45) is 1.86. The van der Waals surface area contributed by atoms with E-state index < -0.39 is 4.92 Å². The van der Waals surface area contributed by atoms with E-state index in [-0.39, 0.29) is 5.69 Å². The van der Waals surface area contributed by atoms with Crippen LogP contribution in [0.2, 0.25) is 0 Å². The predicted octanol–water partition coefficient (Wildman–Crippen LogP) is 3.45. The van der Waals surface area contributed by atoms with Crippen molar-refractivity contribution in [1.82, 2.24) is 0 Å². The van der Waals surface area contributed by atoms with Crippen LogP contribution < -0.4 is 4.74 Å². The molecule has 0 atom stereocenters. The number of halogens is 1. The van der Waals surface area contributed by atoms with E-state index in [1.807, 2.05) is 0 Å². The van der Waals surface area contributed by atoms with Gasteiger partial charge in [-0.2, -0.15) is 12.6 Å². The van der Waals surface area contributed by atoms with Crippen molar-refractivity contribution >= 4 is 34.2 Å². The number of unbranched alkanes of at least 4 members (excludes halogenated alkanes) is 1. The summed E-state index contributed by atoms with van der Waals surface area (Å²) >= 11 is 7.30. The quantitative estimate of drug-likeness (QED) is 0.379. The zero-order valence-corrected chi connectivity index (χ0v) is 11.0. The van der Waals surface area contributed by atoms with Crippen LogP contribution in [0, 0.1) is 10.1 Å². The molecule has 0 radical (unpaired) electrons. The highest BCUT2D eigenvalue weighted by atomic mass is 79.9. The average molecular weight is 306 g/mol. The molecule has 0 unspecified atom stereocenters. The molecule has 1 aromatic carbocycles. The van der Waals surface area contributed by atoms with Gasteiger partial charge in [-0.25, -0.2) is 0 Å². The molecule has 0 aliphatic heterocycles. The average Bonchev–Trinajstić information content (AvgIpc) is 2.23. The standard InChI is InChI=1S/C10H12BrNO3S/c11-8-5-9(12(13)14)7-10(6-8)15-3-1-2-4-16/h5-7,16H,1-4H2. The summed E-state index contributed by atoms with van der Waals surface area (Å²) in [4.78, 5) is 10.2. The number of hydrogen-bond donors (Lipinski definition) is 1. The first-order chi connectivity index (χ1) is 7.63. The number of nitrogens with zero attached hydrogens (tertiary/aromatic N) is 1. The number of non-ortho nitro benzene ring substituents is 1. The fourth-order valence-corrected chi connectivity index (χ4v) is 1.82. The monoisotopic (exact) mass is 305 g/mol. The molecule has 0 amide bonds. The Kier molecular flexibility index (Phi) is 5.62. The molecule has 88 valence electrons. The molecule has 0 heterocycles. The number of hydrogen-bond acceptors (Lipinski definition) is 4. The number of ether oxygens (including phenoxy) is 1. The predicted molar refractivity (Wildman–Crippen MR) is 69.4 cm³/mol. The maximum absolute atomic E-state index is 10.6. The van der Waals surface area contributed by atoms with E-state index in [1.54, 1.807) is 6.07 Å². The molecule has 0 bridgehead atoms. The molecule has 0 saturated carbocycles. The van der Waals surface area contributed by atoms with Gasteiger partial charge < -0.3 is 4.74 Å². The van der Waals surface area contributed by atoms with Crippen molar-refractivity contribution in [2.75, 3.05) is 12.4 Å². The fraction of sp³-hybridized carbons (Fsp3) is 0.400. The normalized spacial score (nSPS) is 10.1. The van der Waals surface area contributed by atoms with Crippen LogP contribution in [0.3, 0.4) is 0 Å². The number of nitro groups is 1. The third-order valence-corrected chi connectivity index (χ3v) is 2.66. The van der Waals surface area contributed by atoms with Crippen molar-refractivity contribution in [3.8, 4) is 5.75 Å². The van der Waals surface area contributed by atoms with Gasteiger partial charge >= 0.3 is 0 Å². The van der Waals surface area contributed by atoms with E-state index in [2.05, 4.69) is 28.6 Å². The molecule has 6 heteroatoms. The largest absolute Gasteiger partial charge is 0.493 e. The molecule has 0 aliphatic rings. The molecular weight excluding hydrogens is 294 g/mol. The van der Waals surface area contributed by atoms with Crippen LogP contribution in [0.1, 0.15) is 12.8 Å². The second-order valence-corrected chi connectivity index (χ2v) is 4.54. The molecule has 0 N–H and O–H groups in total. The lowest BCUT2D eigenvalue weighted by Gasteiger charge is -2.05. The summed E-state index contributed by atoms with van der Waals surface area (Å²) in [6, 6.07) is 4.58. The lowest BCUT2D eigenvalue weighted by Crippen LogP contribution is -1.98. The van der Waals surface area contributed by atoms with E-state index in [1.165, 1.54) is 12.1 Å². The molecule has 1 rings (SSSR count). The van der Waals surface area contributed by atoms with Gasteiger partial charge in [-0.1, -0.05) is 15.9 Å². The summed E-state index contributed by atoms with van der Waals surface area (Å²) in [6.45, 7) is 0.550. The summed E-state index contributed by atoms with van der Waals surface area (Å²) in [5.74, 6) is 1.34. The highest BCUT2D eigenvalue weighted by Gasteiger charge is 2.09. The van der Waals surface area contributed by atoms with Gasteiger partial charge in [0.05, 0.1) is 17.6 Å². The Bertz CT molecular complexity index is 373. The zero-order chi connectivity index (χ0) is 12.0. The first kappa shape index (κ1) is 13.3. The molecule has 4 nitrogen and oxygen atoms in total. The van der Waals surface area contributed by atoms with Gasteiger partial charge in [0.2, 0.25) is 0 Å². The van der Waals surface area contributed by atoms with Crippen molar-refractivity contribution in [3.63, 3.8) is 0 Å². The van der Waals surface area contributed by atoms with Crippen molar-refractivity contribution in [2.24, 2.45) is 0 Å². The lowest BCUT2D eigenvalue weighted by molar-refractivity contribution is -0.385. The van der Waals surface area contributed by atoms with Gasteiger partial charge in [0.25, 0.3) is 5.69 Å². The van der Waals surface area contributed by atoms with Gasteiger partial charge in [-0.05, 0) is 24.7 Å². The van der Waals surface area contributed by atoms with Crippen molar-refractivity contribution < 1.29 is 9.66 Å². The molecule has 0 spiro atoms. The molecule has 0 fully saturated rings. The SMILES string of the molecule is O=[N+]([O-])c1cc(Br)cc(OCCCCS)c1. The molecule has 1 aromatic rings. The van der Waals surface area contributed by atoms with E-state index in [9.17, 15) is 10.1 Å². The van der Waals surface area contributed by atoms with Crippen LogP contribution in [0.5, 0.6) is 5.75 Å². The van der Waals surface area contributed by atoms with Crippen molar-refractivity contribution in [1.29, 1.82) is 0 Å². The second-order valence-electron chi connectivity index (χ2n) is 3.18. The Morgan fingerprint density at radius 3 is 2.75 bits per heavy atom. The molecule has 0 aliphatic carbocycles. The first-order valence-corrected chi connectivity index (χ1v) is 6.24. The minimum absolute atomic E-state index is 0.0265. The lowest BCUT2D eigenvalue weighted by atomic mass is 10.3. The minimum Gasteiger partial charge on any atom is -0.493 e. The molecular formula is C10H12BrNO3S. The summed E-state index contributed by atoms with van der Waals surface area (Å²) in [5.41, 5.74) is 0.0265. The van der Waals surface area contributed by atoms with Gasteiger partial charge in [-0.15, -0.1) is 0 Å². The van der Waals surface area contributed by atoms with E-state index in [0.29, 0.717) is 16.8 Å². The Balaban J connectivity index is 2.62. The summed E-state index contributed by atoms with van der Waals surface area (Å²) in [5, 5.41) is 10.6. The van der Waals surface area contributed by atoms with Gasteiger partial charge in [0.1, 0.15) is 5.75 Å². The van der Waals surface area contributed by atoms with Gasteiger partial charge in [0, 0.05) is 10.5 Å². The Hall–Kier alpha value is -0.750. The van der Waals surface area contributed by atoms with E-state index >= 15 is 0 Å². The van der Waals surface area contributed by atoms with Crippen LogP contribution in [-0.2, 0) is 0 Å². The summed E-state index contributed by atoms with van der Waals surface area (Å²) < 4.78 is 6.06. The highest BCUT2D eigenvalue weighted by Crippen LogP contribution is 2.26. The smallest absolute Gasteiger partial charge is 0.274 e. The fourth-order valence-electron chi connectivity index (χ4n) is 1.14. The van der Waals surface area contributed by atoms with Gasteiger partial charge in [0.15, 0.2) is 0 Å². The second kappa shape index (κ2) is 6.75. The van der Waals surface area contributed by atoms with Crippen LogP contribution in [0.25, 0.3) is 0 Å². The Labute approximate surface area is 108 Å². The topological polar surface area (TPSA) is 52.4 Å². The maximum atomic E-state index is 10.6. The van der Waals surface area contributed by atoms with Crippen molar-refractivity contribution in [3.05, 3.63) is 32.8 Å². The van der Waals surface area contributed by atoms with E-state index in [0.717, 1.165) is 18.6 Å². The maximum Gasteiger partial charge on any atom is 0.274 e. The molecule has 16 heavy (non-hydrogen) atoms. The Morgan fingerprint density at radius 2 is 2.12 bits per heavy atom. The first-order valence-electron chi connectivity index (χ1n) is 4.82. The molecule has 0 aromatic heterocycles. The third-order valence-electron chi connectivity index (χ3n) is 1.89. The summed E-state index contributed by atoms with van der Waals surface area (Å²) in [7, 11) is 0. The number of rotatable bonds is 6. The van der Waals surface area contributed by atoms with Gasteiger partial charge in [-0.3, -0.25) is 10.1 Å². The number of nitro benzene ring substituents is 1. The zero-order valence-electron chi connectivity index (χ0n) is 8.56. The van der Waals surface area contributed by atoms with Crippen LogP contribution in [0.15, 0.2) is 22.7 Å². The number of benzene rings is 1. The highest BCUT2D eigenvalue weighted by molar-refractivity contribution is 9.10. The van der Waals surface area contributed by atoms with Crippen molar-refractivity contribution in [2.45, 2.75) is 12.8 Å². The number of thiol groups is 1. The van der Waals surface area contributed by atoms with Crippen LogP contribution >= 0.6 is 28.6 Å². The molecule has 0 saturated heterocycles. The van der Waals surface area contributed by atoms with Crippen LogP contribution in [-0.4, -0.2) is 17.3 Å².